The number of hydrogen-bond donors (Lipinski definition) is 1. The summed E-state index contributed by atoms with van der Waals surface area (Å²) in [6.07, 6.45) is 0. The fourth-order valence-corrected chi connectivity index (χ4v) is 2.98. The monoisotopic (exact) mass is 395 g/mol. The van der Waals surface area contributed by atoms with Crippen LogP contribution in [-0.2, 0) is 13.7 Å². The van der Waals surface area contributed by atoms with E-state index in [2.05, 4.69) is 10.3 Å². The highest BCUT2D eigenvalue weighted by Gasteiger charge is 2.15. The second kappa shape index (κ2) is 7.40. The molecule has 4 aromatic rings. The van der Waals surface area contributed by atoms with Gasteiger partial charge in [0.1, 0.15) is 18.1 Å². The number of fused-ring (bicyclic) bond motifs is 1. The minimum Gasteiger partial charge on any atom is -0.486 e. The van der Waals surface area contributed by atoms with Crippen LogP contribution in [0, 0.1) is 6.92 Å². The highest BCUT2D eigenvalue weighted by Crippen LogP contribution is 2.22. The Morgan fingerprint density at radius 3 is 2.82 bits per heavy atom. The SMILES string of the molecule is Cc1cc(OCc2ccc(C(=O)Nc3nc4ccccc4n3C)o2)ccc1Cl. The summed E-state index contributed by atoms with van der Waals surface area (Å²) >= 11 is 6.01. The number of aryl methyl sites for hydroxylation is 2. The van der Waals surface area contributed by atoms with Crippen LogP contribution in [0.25, 0.3) is 11.0 Å². The number of ether oxygens (including phenoxy) is 1. The minimum atomic E-state index is -0.369. The van der Waals surface area contributed by atoms with E-state index in [0.717, 1.165) is 16.6 Å². The minimum absolute atomic E-state index is 0.193. The van der Waals surface area contributed by atoms with Crippen molar-refractivity contribution in [3.63, 3.8) is 0 Å². The summed E-state index contributed by atoms with van der Waals surface area (Å²) in [5.41, 5.74) is 2.68. The summed E-state index contributed by atoms with van der Waals surface area (Å²) in [6, 6.07) is 16.4. The number of para-hydroxylation sites is 2. The number of hydrogen-bond acceptors (Lipinski definition) is 4. The molecule has 0 saturated carbocycles. The molecular weight excluding hydrogens is 378 g/mol. The molecule has 0 radical (unpaired) electrons. The smallest absolute Gasteiger partial charge is 0.293 e. The van der Waals surface area contributed by atoms with Gasteiger partial charge >= 0.3 is 0 Å². The zero-order chi connectivity index (χ0) is 19.7. The van der Waals surface area contributed by atoms with E-state index in [9.17, 15) is 4.79 Å². The van der Waals surface area contributed by atoms with Crippen LogP contribution in [0.4, 0.5) is 5.95 Å². The van der Waals surface area contributed by atoms with Gasteiger partial charge in [-0.25, -0.2) is 4.98 Å². The molecule has 4 rings (SSSR count). The Labute approximate surface area is 166 Å². The van der Waals surface area contributed by atoms with Crippen LogP contribution in [0.3, 0.4) is 0 Å². The molecule has 2 aromatic carbocycles. The molecule has 0 fully saturated rings. The normalized spacial score (nSPS) is 11.0. The molecule has 28 heavy (non-hydrogen) atoms. The van der Waals surface area contributed by atoms with E-state index in [1.807, 2.05) is 48.9 Å². The Morgan fingerprint density at radius 2 is 2.04 bits per heavy atom. The summed E-state index contributed by atoms with van der Waals surface area (Å²) < 4.78 is 13.1. The first-order valence-electron chi connectivity index (χ1n) is 8.72. The summed E-state index contributed by atoms with van der Waals surface area (Å²) in [5, 5.41) is 3.47. The quantitative estimate of drug-likeness (QED) is 0.518. The van der Waals surface area contributed by atoms with Crippen molar-refractivity contribution in [1.82, 2.24) is 9.55 Å². The van der Waals surface area contributed by atoms with Gasteiger partial charge in [-0.05, 0) is 55.0 Å². The van der Waals surface area contributed by atoms with Crippen LogP contribution < -0.4 is 10.1 Å². The highest BCUT2D eigenvalue weighted by atomic mass is 35.5. The Balaban J connectivity index is 1.43. The predicted molar refractivity (Wildman–Crippen MR) is 108 cm³/mol. The Kier molecular flexibility index (Phi) is 4.79. The third kappa shape index (κ3) is 3.59. The third-order valence-electron chi connectivity index (χ3n) is 4.41. The molecule has 0 atom stereocenters. The number of halogens is 1. The summed E-state index contributed by atoms with van der Waals surface area (Å²) in [7, 11) is 1.85. The lowest BCUT2D eigenvalue weighted by atomic mass is 10.2. The van der Waals surface area contributed by atoms with E-state index in [0.29, 0.717) is 22.5 Å². The first-order chi connectivity index (χ1) is 13.5. The van der Waals surface area contributed by atoms with Crippen LogP contribution in [0.1, 0.15) is 21.9 Å². The zero-order valence-corrected chi connectivity index (χ0v) is 16.2. The van der Waals surface area contributed by atoms with Gasteiger partial charge in [0, 0.05) is 12.1 Å². The standard InChI is InChI=1S/C21H18ClN3O3/c1-13-11-14(7-9-16(13)22)27-12-15-8-10-19(28-15)20(26)24-21-23-17-5-3-4-6-18(17)25(21)2/h3-11H,12H2,1-2H3,(H,23,24,26). The number of amides is 1. The van der Waals surface area contributed by atoms with Crippen molar-refractivity contribution in [3.8, 4) is 5.75 Å². The number of furan rings is 1. The molecule has 0 aliphatic heterocycles. The lowest BCUT2D eigenvalue weighted by molar-refractivity contribution is 0.0991. The number of benzene rings is 2. The van der Waals surface area contributed by atoms with Gasteiger partial charge in [0.2, 0.25) is 5.95 Å². The van der Waals surface area contributed by atoms with Crippen LogP contribution >= 0.6 is 11.6 Å². The predicted octanol–water partition coefficient (Wildman–Crippen LogP) is 4.96. The molecule has 0 saturated heterocycles. The largest absolute Gasteiger partial charge is 0.486 e. The lowest BCUT2D eigenvalue weighted by Gasteiger charge is -2.06. The summed E-state index contributed by atoms with van der Waals surface area (Å²) in [4.78, 5) is 16.9. The third-order valence-corrected chi connectivity index (χ3v) is 4.83. The zero-order valence-electron chi connectivity index (χ0n) is 15.4. The maximum Gasteiger partial charge on any atom is 0.293 e. The van der Waals surface area contributed by atoms with E-state index in [-0.39, 0.29) is 18.3 Å². The number of nitrogens with zero attached hydrogens (tertiary/aromatic N) is 2. The van der Waals surface area contributed by atoms with Crippen LogP contribution in [0.15, 0.2) is 59.0 Å². The summed E-state index contributed by atoms with van der Waals surface area (Å²) in [6.45, 7) is 2.12. The molecule has 2 heterocycles. The average molecular weight is 396 g/mol. The molecule has 2 aromatic heterocycles. The number of imidazole rings is 1. The Bertz CT molecular complexity index is 1160. The number of nitrogens with one attached hydrogen (secondary N) is 1. The number of rotatable bonds is 5. The lowest BCUT2D eigenvalue weighted by Crippen LogP contribution is -2.14. The van der Waals surface area contributed by atoms with Crippen LogP contribution in [0.2, 0.25) is 5.02 Å². The van der Waals surface area contributed by atoms with Gasteiger partial charge in [-0.1, -0.05) is 23.7 Å². The van der Waals surface area contributed by atoms with Gasteiger partial charge in [0.25, 0.3) is 5.91 Å². The molecule has 0 unspecified atom stereocenters. The van der Waals surface area contributed by atoms with Crippen molar-refractivity contribution in [2.75, 3.05) is 5.32 Å². The van der Waals surface area contributed by atoms with Crippen molar-refractivity contribution >= 4 is 34.5 Å². The molecule has 6 nitrogen and oxygen atoms in total. The fourth-order valence-electron chi connectivity index (χ4n) is 2.86. The van der Waals surface area contributed by atoms with Crippen molar-refractivity contribution in [3.05, 3.63) is 76.7 Å². The number of aromatic nitrogens is 2. The molecule has 1 amide bonds. The molecule has 1 N–H and O–H groups in total. The molecule has 0 aliphatic carbocycles. The Morgan fingerprint density at radius 1 is 1.21 bits per heavy atom. The van der Waals surface area contributed by atoms with E-state index in [1.165, 1.54) is 0 Å². The molecule has 0 aliphatic rings. The van der Waals surface area contributed by atoms with Gasteiger partial charge in [-0.3, -0.25) is 10.1 Å². The van der Waals surface area contributed by atoms with E-state index < -0.39 is 0 Å². The van der Waals surface area contributed by atoms with Gasteiger partial charge in [-0.15, -0.1) is 0 Å². The number of carbonyl (C=O) groups is 1. The maximum atomic E-state index is 12.5. The first-order valence-corrected chi connectivity index (χ1v) is 9.09. The van der Waals surface area contributed by atoms with E-state index >= 15 is 0 Å². The molecule has 142 valence electrons. The topological polar surface area (TPSA) is 69.3 Å². The second-order valence-electron chi connectivity index (χ2n) is 6.40. The molecular formula is C21H18ClN3O3. The van der Waals surface area contributed by atoms with Crippen molar-refractivity contribution in [1.29, 1.82) is 0 Å². The van der Waals surface area contributed by atoms with E-state index in [1.54, 1.807) is 24.3 Å². The van der Waals surface area contributed by atoms with Crippen LogP contribution in [0.5, 0.6) is 5.75 Å². The first kappa shape index (κ1) is 18.1. The van der Waals surface area contributed by atoms with Gasteiger partial charge in [0.15, 0.2) is 5.76 Å². The molecule has 7 heteroatoms. The van der Waals surface area contributed by atoms with Crippen molar-refractivity contribution in [2.24, 2.45) is 7.05 Å². The average Bonchev–Trinajstić information content (AvgIpc) is 3.28. The second-order valence-corrected chi connectivity index (χ2v) is 6.81. The molecule has 0 bridgehead atoms. The van der Waals surface area contributed by atoms with Gasteiger partial charge < -0.3 is 13.7 Å². The molecule has 0 spiro atoms. The highest BCUT2D eigenvalue weighted by molar-refractivity contribution is 6.31. The Hall–Kier alpha value is -3.25. The van der Waals surface area contributed by atoms with Gasteiger partial charge in [-0.2, -0.15) is 0 Å². The summed E-state index contributed by atoms with van der Waals surface area (Å²) in [5.74, 6) is 1.51. The van der Waals surface area contributed by atoms with Crippen LogP contribution in [-0.4, -0.2) is 15.5 Å². The number of carbonyl (C=O) groups excluding carboxylic acids is 1. The van der Waals surface area contributed by atoms with E-state index in [4.69, 9.17) is 20.8 Å². The number of anilines is 1. The van der Waals surface area contributed by atoms with Gasteiger partial charge in [0.05, 0.1) is 11.0 Å². The van der Waals surface area contributed by atoms with Crippen molar-refractivity contribution < 1.29 is 13.9 Å². The fraction of sp³-hybridized carbons (Fsp3) is 0.143. The maximum absolute atomic E-state index is 12.5. The van der Waals surface area contributed by atoms with Crippen molar-refractivity contribution in [2.45, 2.75) is 13.5 Å².